The molecule has 1 aliphatic carbocycles. The molecule has 9 nitrogen and oxygen atoms in total. The lowest BCUT2D eigenvalue weighted by atomic mass is 9.91. The van der Waals surface area contributed by atoms with Gasteiger partial charge < -0.3 is 20.3 Å². The van der Waals surface area contributed by atoms with E-state index in [9.17, 15) is 31.1 Å². The van der Waals surface area contributed by atoms with E-state index in [1.54, 1.807) is 0 Å². The first-order valence-electron chi connectivity index (χ1n) is 10.8. The number of likely N-dealkylation sites (tertiary alicyclic amines) is 1. The van der Waals surface area contributed by atoms with Crippen LogP contribution in [0.2, 0.25) is 0 Å². The van der Waals surface area contributed by atoms with Gasteiger partial charge >= 0.3 is 24.3 Å². The molecule has 0 bridgehead atoms. The van der Waals surface area contributed by atoms with Gasteiger partial charge in [0.05, 0.1) is 6.10 Å². The fourth-order valence-electron chi connectivity index (χ4n) is 3.58. The molecule has 3 N–H and O–H groups in total. The number of carboxylic acids is 2. The molecular formula is C21H25F6N3O6. The highest BCUT2D eigenvalue weighted by Crippen LogP contribution is 2.34. The van der Waals surface area contributed by atoms with E-state index in [4.69, 9.17) is 24.5 Å². The molecule has 1 saturated carbocycles. The van der Waals surface area contributed by atoms with Crippen LogP contribution >= 0.6 is 0 Å². The molecule has 0 radical (unpaired) electrons. The zero-order valence-electron chi connectivity index (χ0n) is 18.8. The van der Waals surface area contributed by atoms with Gasteiger partial charge in [0, 0.05) is 31.5 Å². The number of alkyl halides is 6. The molecule has 3 fully saturated rings. The Morgan fingerprint density at radius 2 is 1.53 bits per heavy atom. The van der Waals surface area contributed by atoms with Crippen molar-refractivity contribution < 1.29 is 55.7 Å². The second kappa shape index (κ2) is 12.3. The number of hydrogen-bond acceptors (Lipinski definition) is 6. The van der Waals surface area contributed by atoms with Gasteiger partial charge in [-0.1, -0.05) is 0 Å². The molecular weight excluding hydrogens is 504 g/mol. The van der Waals surface area contributed by atoms with Crippen LogP contribution < -0.4 is 5.32 Å². The average molecular weight is 529 g/mol. The first kappa shape index (κ1) is 29.3. The SMILES string of the molecule is O=C(NC1CC1)[C@H]1C[C@@H]2CCN(Cc3ccncc3)C[C@@H]2O1.O=C(O)C(F)(F)F.O=C(O)C(F)(F)F. The lowest BCUT2D eigenvalue weighted by Gasteiger charge is -2.34. The van der Waals surface area contributed by atoms with Crippen molar-refractivity contribution in [1.82, 2.24) is 15.2 Å². The monoisotopic (exact) mass is 529 g/mol. The topological polar surface area (TPSA) is 129 Å². The number of nitrogens with zero attached hydrogens (tertiary/aromatic N) is 2. The van der Waals surface area contributed by atoms with E-state index < -0.39 is 24.3 Å². The fourth-order valence-corrected chi connectivity index (χ4v) is 3.58. The van der Waals surface area contributed by atoms with Crippen molar-refractivity contribution in [2.75, 3.05) is 13.1 Å². The molecule has 1 amide bonds. The molecule has 15 heteroatoms. The number of aromatic nitrogens is 1. The smallest absolute Gasteiger partial charge is 0.475 e. The van der Waals surface area contributed by atoms with Crippen molar-refractivity contribution in [1.29, 1.82) is 0 Å². The zero-order chi connectivity index (χ0) is 27.1. The van der Waals surface area contributed by atoms with Crippen molar-refractivity contribution in [3.05, 3.63) is 30.1 Å². The highest BCUT2D eigenvalue weighted by Gasteiger charge is 2.42. The summed E-state index contributed by atoms with van der Waals surface area (Å²) in [5, 5.41) is 17.3. The van der Waals surface area contributed by atoms with E-state index >= 15 is 0 Å². The largest absolute Gasteiger partial charge is 0.490 e. The van der Waals surface area contributed by atoms with Crippen molar-refractivity contribution in [3.63, 3.8) is 0 Å². The second-order valence-electron chi connectivity index (χ2n) is 8.43. The van der Waals surface area contributed by atoms with Crippen LogP contribution in [-0.4, -0.2) is 81.6 Å². The number of aliphatic carboxylic acids is 2. The maximum atomic E-state index is 12.2. The maximum absolute atomic E-state index is 12.2. The highest BCUT2D eigenvalue weighted by atomic mass is 19.4. The summed E-state index contributed by atoms with van der Waals surface area (Å²) in [4.78, 5) is 36.4. The number of amides is 1. The third-order valence-electron chi connectivity index (χ3n) is 5.49. The average Bonchev–Trinajstić information content (AvgIpc) is 3.49. The minimum Gasteiger partial charge on any atom is -0.475 e. The Morgan fingerprint density at radius 1 is 1.00 bits per heavy atom. The van der Waals surface area contributed by atoms with Gasteiger partial charge in [0.25, 0.3) is 0 Å². The Kier molecular flexibility index (Phi) is 10.0. The van der Waals surface area contributed by atoms with Gasteiger partial charge in [-0.15, -0.1) is 0 Å². The maximum Gasteiger partial charge on any atom is 0.490 e. The molecule has 36 heavy (non-hydrogen) atoms. The molecule has 2 saturated heterocycles. The molecule has 1 aromatic rings. The van der Waals surface area contributed by atoms with Gasteiger partial charge in [0.1, 0.15) is 6.10 Å². The van der Waals surface area contributed by atoms with Gasteiger partial charge in [-0.05, 0) is 55.8 Å². The Hall–Kier alpha value is -2.94. The zero-order valence-corrected chi connectivity index (χ0v) is 18.8. The molecule has 2 aliphatic heterocycles. The lowest BCUT2D eigenvalue weighted by Crippen LogP contribution is -2.42. The first-order valence-corrected chi connectivity index (χ1v) is 10.8. The van der Waals surface area contributed by atoms with E-state index in [-0.39, 0.29) is 18.1 Å². The molecule has 202 valence electrons. The summed E-state index contributed by atoms with van der Waals surface area (Å²) in [6.45, 7) is 2.96. The van der Waals surface area contributed by atoms with Gasteiger partial charge in [-0.25, -0.2) is 9.59 Å². The Balaban J connectivity index is 0.000000271. The summed E-state index contributed by atoms with van der Waals surface area (Å²) in [5.41, 5.74) is 1.29. The quantitative estimate of drug-likeness (QED) is 0.508. The van der Waals surface area contributed by atoms with Gasteiger partial charge in [0.2, 0.25) is 5.91 Å². The number of fused-ring (bicyclic) bond motifs is 1. The molecule has 0 spiro atoms. The minimum absolute atomic E-state index is 0.109. The predicted molar refractivity (Wildman–Crippen MR) is 109 cm³/mol. The predicted octanol–water partition coefficient (Wildman–Crippen LogP) is 2.61. The summed E-state index contributed by atoms with van der Waals surface area (Å²) in [7, 11) is 0. The molecule has 3 atom stereocenters. The van der Waals surface area contributed by atoms with E-state index in [1.165, 1.54) is 5.56 Å². The van der Waals surface area contributed by atoms with Crippen LogP contribution in [0.1, 0.15) is 31.2 Å². The van der Waals surface area contributed by atoms with Crippen LogP contribution in [-0.2, 0) is 25.7 Å². The Bertz CT molecular complexity index is 870. The number of carbonyl (C=O) groups is 3. The number of carboxylic acid groups (broad SMARTS) is 2. The summed E-state index contributed by atoms with van der Waals surface area (Å²) < 4.78 is 69.5. The number of nitrogens with one attached hydrogen (secondary N) is 1. The number of piperidine rings is 1. The first-order chi connectivity index (χ1) is 16.7. The highest BCUT2D eigenvalue weighted by molar-refractivity contribution is 5.81. The standard InChI is InChI=1S/C17H23N3O2.2C2HF3O2/c21-17(19-14-1-2-14)15-9-13-5-8-20(11-16(13)22-15)10-12-3-6-18-7-4-12;2*3-2(4,5)1(6)7/h3-4,6-7,13-16H,1-2,5,8-11H2,(H,19,21);2*(H,6,7)/t13-,15+,16-;;/m0../s1. The summed E-state index contributed by atoms with van der Waals surface area (Å²) >= 11 is 0. The third kappa shape index (κ3) is 9.97. The normalized spacial score (nSPS) is 23.8. The fraction of sp³-hybridized carbons (Fsp3) is 0.619. The minimum atomic E-state index is -5.08. The number of pyridine rings is 1. The number of carbonyl (C=O) groups excluding carboxylic acids is 1. The number of rotatable bonds is 4. The number of hydrogen-bond donors (Lipinski definition) is 3. The van der Waals surface area contributed by atoms with E-state index in [0.29, 0.717) is 12.0 Å². The molecule has 3 aliphatic rings. The van der Waals surface area contributed by atoms with Gasteiger partial charge in [-0.2, -0.15) is 26.3 Å². The van der Waals surface area contributed by atoms with Crippen molar-refractivity contribution in [3.8, 4) is 0 Å². The summed E-state index contributed by atoms with van der Waals surface area (Å²) in [5.74, 6) is -4.86. The molecule has 3 heterocycles. The summed E-state index contributed by atoms with van der Waals surface area (Å²) in [6, 6.07) is 4.54. The van der Waals surface area contributed by atoms with Crippen molar-refractivity contribution >= 4 is 17.8 Å². The third-order valence-corrected chi connectivity index (χ3v) is 5.49. The van der Waals surface area contributed by atoms with Crippen LogP contribution in [0.15, 0.2) is 24.5 Å². The molecule has 0 unspecified atom stereocenters. The van der Waals surface area contributed by atoms with Gasteiger partial charge in [-0.3, -0.25) is 14.7 Å². The molecule has 0 aromatic carbocycles. The van der Waals surface area contributed by atoms with Crippen LogP contribution in [0, 0.1) is 5.92 Å². The van der Waals surface area contributed by atoms with Crippen molar-refractivity contribution in [2.24, 2.45) is 5.92 Å². The number of halogens is 6. The van der Waals surface area contributed by atoms with E-state index in [0.717, 1.165) is 45.3 Å². The molecule has 1 aromatic heterocycles. The lowest BCUT2D eigenvalue weighted by molar-refractivity contribution is -0.193. The van der Waals surface area contributed by atoms with Crippen LogP contribution in [0.4, 0.5) is 26.3 Å². The van der Waals surface area contributed by atoms with Crippen molar-refractivity contribution in [2.45, 2.75) is 62.8 Å². The Labute approximate surface area is 201 Å². The van der Waals surface area contributed by atoms with E-state index in [1.807, 2.05) is 12.4 Å². The van der Waals surface area contributed by atoms with Crippen LogP contribution in [0.5, 0.6) is 0 Å². The van der Waals surface area contributed by atoms with E-state index in [2.05, 4.69) is 27.3 Å². The van der Waals surface area contributed by atoms with Crippen LogP contribution in [0.25, 0.3) is 0 Å². The molecule has 4 rings (SSSR count). The second-order valence-corrected chi connectivity index (χ2v) is 8.43. The summed E-state index contributed by atoms with van der Waals surface area (Å²) in [6.07, 6.45) is -2.22. The van der Waals surface area contributed by atoms with Gasteiger partial charge in [0.15, 0.2) is 0 Å². The van der Waals surface area contributed by atoms with Crippen LogP contribution in [0.3, 0.4) is 0 Å². The number of ether oxygens (including phenoxy) is 1. The Morgan fingerprint density at radius 3 is 2.00 bits per heavy atom.